The van der Waals surface area contributed by atoms with E-state index in [4.69, 9.17) is 16.3 Å². The number of nitrogens with zero attached hydrogens (tertiary/aromatic N) is 3. The first kappa shape index (κ1) is 26.6. The molecule has 1 fully saturated rings. The van der Waals surface area contributed by atoms with Gasteiger partial charge in [-0.1, -0.05) is 11.6 Å². The molecular weight excluding hydrogens is 545 g/mol. The summed E-state index contributed by atoms with van der Waals surface area (Å²) in [5.74, 6) is -3.26. The summed E-state index contributed by atoms with van der Waals surface area (Å²) in [5, 5.41) is 4.84. The van der Waals surface area contributed by atoms with Crippen LogP contribution in [0, 0.1) is 11.6 Å². The number of fused-ring (bicyclic) bond motifs is 1. The number of alkyl halides is 3. The molecule has 0 atom stereocenters. The van der Waals surface area contributed by atoms with Crippen LogP contribution in [-0.2, 0) is 6.18 Å². The predicted molar refractivity (Wildman–Crippen MR) is 135 cm³/mol. The molecule has 7 nitrogen and oxygen atoms in total. The molecule has 2 N–H and O–H groups in total. The first-order valence-corrected chi connectivity index (χ1v) is 12.0. The molecule has 13 heteroatoms. The number of benzene rings is 3. The number of carbonyl (C=O) groups excluding carboxylic acids is 1. The number of rotatable bonds is 5. The van der Waals surface area contributed by atoms with Gasteiger partial charge in [-0.15, -0.1) is 0 Å². The predicted octanol–water partition coefficient (Wildman–Crippen LogP) is 6.03. The van der Waals surface area contributed by atoms with E-state index in [-0.39, 0.29) is 11.4 Å². The standard InChI is InChI=1S/C26H19ClF5N5O2/c27-18-3-1-14(9-17(18)26(30,31)32)25(38)35-15-10-19(28)24(20(29)11-15)39-16-2-4-21-22(12-16)36-23(13-34-21)37-7-5-33-6-8-37/h1-4,9-13,33H,5-8H2,(H,35,38). The van der Waals surface area contributed by atoms with Crippen molar-refractivity contribution in [1.29, 1.82) is 0 Å². The van der Waals surface area contributed by atoms with E-state index in [1.807, 2.05) is 0 Å². The maximum absolute atomic E-state index is 14.8. The Morgan fingerprint density at radius 2 is 1.72 bits per heavy atom. The Bertz CT molecular complexity index is 1540. The molecular formula is C26H19ClF5N5O2. The van der Waals surface area contributed by atoms with Crippen LogP contribution in [0.1, 0.15) is 15.9 Å². The van der Waals surface area contributed by atoms with Gasteiger partial charge < -0.3 is 20.3 Å². The number of nitrogens with one attached hydrogen (secondary N) is 2. The summed E-state index contributed by atoms with van der Waals surface area (Å²) >= 11 is 5.57. The van der Waals surface area contributed by atoms with Crippen LogP contribution >= 0.6 is 11.6 Å². The van der Waals surface area contributed by atoms with E-state index in [9.17, 15) is 26.7 Å². The molecule has 0 spiro atoms. The van der Waals surface area contributed by atoms with E-state index in [1.165, 1.54) is 12.1 Å². The first-order valence-electron chi connectivity index (χ1n) is 11.7. The second-order valence-electron chi connectivity index (χ2n) is 8.63. The van der Waals surface area contributed by atoms with E-state index in [1.54, 1.807) is 12.3 Å². The van der Waals surface area contributed by atoms with Crippen molar-refractivity contribution in [3.63, 3.8) is 0 Å². The highest BCUT2D eigenvalue weighted by Crippen LogP contribution is 2.36. The third kappa shape index (κ3) is 5.86. The van der Waals surface area contributed by atoms with Crippen LogP contribution in [-0.4, -0.2) is 42.1 Å². The summed E-state index contributed by atoms with van der Waals surface area (Å²) in [6.07, 6.45) is -3.12. The van der Waals surface area contributed by atoms with Gasteiger partial charge in [-0.25, -0.2) is 13.8 Å². The number of hydrogen-bond acceptors (Lipinski definition) is 6. The number of hydrogen-bond donors (Lipinski definition) is 2. The number of carbonyl (C=O) groups is 1. The molecule has 1 aromatic heterocycles. The molecule has 3 aromatic carbocycles. The second-order valence-corrected chi connectivity index (χ2v) is 9.04. The van der Waals surface area contributed by atoms with Gasteiger partial charge in [0.15, 0.2) is 17.4 Å². The van der Waals surface area contributed by atoms with Gasteiger partial charge in [-0.2, -0.15) is 13.2 Å². The van der Waals surface area contributed by atoms with Crippen molar-refractivity contribution in [2.75, 3.05) is 36.4 Å². The molecule has 1 saturated heterocycles. The summed E-state index contributed by atoms with van der Waals surface area (Å²) < 4.78 is 74.4. The second kappa shape index (κ2) is 10.6. The molecule has 1 aliphatic heterocycles. The molecule has 5 rings (SSSR count). The third-order valence-corrected chi connectivity index (χ3v) is 6.28. The number of anilines is 2. The minimum absolute atomic E-state index is 0.102. The minimum atomic E-state index is -4.79. The van der Waals surface area contributed by atoms with Crippen LogP contribution in [0.2, 0.25) is 5.02 Å². The topological polar surface area (TPSA) is 79.4 Å². The molecule has 39 heavy (non-hydrogen) atoms. The zero-order valence-electron chi connectivity index (χ0n) is 20.0. The highest BCUT2D eigenvalue weighted by atomic mass is 35.5. The molecule has 4 aromatic rings. The van der Waals surface area contributed by atoms with Crippen LogP contribution < -0.4 is 20.3 Å². The number of ether oxygens (including phenoxy) is 1. The lowest BCUT2D eigenvalue weighted by atomic mass is 10.1. The number of amides is 1. The molecule has 0 radical (unpaired) electrons. The first-order chi connectivity index (χ1) is 18.6. The Morgan fingerprint density at radius 1 is 1.00 bits per heavy atom. The Kier molecular flexibility index (Phi) is 7.23. The van der Waals surface area contributed by atoms with E-state index >= 15 is 0 Å². The highest BCUT2D eigenvalue weighted by Gasteiger charge is 2.34. The molecule has 0 unspecified atom stereocenters. The zero-order valence-corrected chi connectivity index (χ0v) is 20.7. The lowest BCUT2D eigenvalue weighted by Gasteiger charge is -2.28. The number of piperazine rings is 1. The quantitative estimate of drug-likeness (QED) is 0.289. The molecule has 202 valence electrons. The van der Waals surface area contributed by atoms with Crippen molar-refractivity contribution in [2.24, 2.45) is 0 Å². The average Bonchev–Trinajstić information content (AvgIpc) is 2.90. The van der Waals surface area contributed by atoms with Crippen LogP contribution in [0.15, 0.2) is 54.7 Å². The van der Waals surface area contributed by atoms with Gasteiger partial charge in [0.25, 0.3) is 5.91 Å². The summed E-state index contributed by atoms with van der Waals surface area (Å²) in [4.78, 5) is 23.5. The van der Waals surface area contributed by atoms with E-state index < -0.39 is 45.6 Å². The average molecular weight is 564 g/mol. The third-order valence-electron chi connectivity index (χ3n) is 5.95. The molecule has 0 saturated carbocycles. The SMILES string of the molecule is O=C(Nc1cc(F)c(Oc2ccc3ncc(N4CCNCC4)nc3c2)c(F)c1)c1ccc(Cl)c(C(F)(F)F)c1. The molecule has 2 heterocycles. The monoisotopic (exact) mass is 563 g/mol. The van der Waals surface area contributed by atoms with Crippen molar-refractivity contribution in [3.05, 3.63) is 82.5 Å². The van der Waals surface area contributed by atoms with Gasteiger partial charge in [0.1, 0.15) is 11.6 Å². The van der Waals surface area contributed by atoms with Crippen LogP contribution in [0.25, 0.3) is 11.0 Å². The summed E-state index contributed by atoms with van der Waals surface area (Å²) in [6, 6.07) is 8.70. The normalized spacial score (nSPS) is 13.9. The van der Waals surface area contributed by atoms with Crippen LogP contribution in [0.4, 0.5) is 33.5 Å². The smallest absolute Gasteiger partial charge is 0.417 e. The fourth-order valence-electron chi connectivity index (χ4n) is 4.03. The van der Waals surface area contributed by atoms with Gasteiger partial charge in [-0.3, -0.25) is 9.78 Å². The Hall–Kier alpha value is -4.03. The van der Waals surface area contributed by atoms with Crippen LogP contribution in [0.5, 0.6) is 11.5 Å². The number of aromatic nitrogens is 2. The summed E-state index contributed by atoms with van der Waals surface area (Å²) in [7, 11) is 0. The van der Waals surface area contributed by atoms with E-state index in [2.05, 4.69) is 25.5 Å². The molecule has 0 aliphatic carbocycles. The Morgan fingerprint density at radius 3 is 2.41 bits per heavy atom. The van der Waals surface area contributed by atoms with Crippen molar-refractivity contribution in [3.8, 4) is 11.5 Å². The lowest BCUT2D eigenvalue weighted by molar-refractivity contribution is -0.137. The fourth-order valence-corrected chi connectivity index (χ4v) is 4.25. The van der Waals surface area contributed by atoms with E-state index in [0.29, 0.717) is 22.9 Å². The van der Waals surface area contributed by atoms with Gasteiger partial charge in [0.05, 0.1) is 27.8 Å². The van der Waals surface area contributed by atoms with Crippen molar-refractivity contribution < 1.29 is 31.5 Å². The molecule has 1 aliphatic rings. The van der Waals surface area contributed by atoms with Crippen molar-refractivity contribution in [1.82, 2.24) is 15.3 Å². The van der Waals surface area contributed by atoms with E-state index in [0.717, 1.165) is 50.4 Å². The highest BCUT2D eigenvalue weighted by molar-refractivity contribution is 6.31. The maximum Gasteiger partial charge on any atom is 0.417 e. The van der Waals surface area contributed by atoms with Gasteiger partial charge in [-0.05, 0) is 30.3 Å². The van der Waals surface area contributed by atoms with Crippen molar-refractivity contribution >= 4 is 40.0 Å². The summed E-state index contributed by atoms with van der Waals surface area (Å²) in [5.41, 5.74) is -0.898. The van der Waals surface area contributed by atoms with Gasteiger partial charge >= 0.3 is 6.18 Å². The Balaban J connectivity index is 1.35. The zero-order chi connectivity index (χ0) is 27.7. The molecule has 0 bridgehead atoms. The van der Waals surface area contributed by atoms with Crippen LogP contribution in [0.3, 0.4) is 0 Å². The van der Waals surface area contributed by atoms with Crippen molar-refractivity contribution in [2.45, 2.75) is 6.18 Å². The minimum Gasteiger partial charge on any atom is -0.451 e. The number of halogens is 6. The lowest BCUT2D eigenvalue weighted by Crippen LogP contribution is -2.43. The fraction of sp³-hybridized carbons (Fsp3) is 0.192. The molecule has 1 amide bonds. The summed E-state index contributed by atoms with van der Waals surface area (Å²) in [6.45, 7) is 3.15. The van der Waals surface area contributed by atoms with Gasteiger partial charge in [0, 0.05) is 55.6 Å². The Labute approximate surface area is 223 Å². The van der Waals surface area contributed by atoms with Gasteiger partial charge in [0.2, 0.25) is 0 Å². The largest absolute Gasteiger partial charge is 0.451 e. The maximum atomic E-state index is 14.8.